The van der Waals surface area contributed by atoms with Crippen LogP contribution < -0.4 is 5.73 Å². The van der Waals surface area contributed by atoms with Crippen LogP contribution in [0.3, 0.4) is 0 Å². The van der Waals surface area contributed by atoms with Crippen molar-refractivity contribution in [3.05, 3.63) is 35.9 Å². The molecule has 0 aromatic heterocycles. The second kappa shape index (κ2) is 7.18. The van der Waals surface area contributed by atoms with Gasteiger partial charge in [-0.25, -0.2) is 0 Å². The van der Waals surface area contributed by atoms with Gasteiger partial charge in [-0.3, -0.25) is 0 Å². The third kappa shape index (κ3) is 3.38. The maximum atomic E-state index is 6.23. The monoisotopic (exact) mass is 279 g/mol. The quantitative estimate of drug-likeness (QED) is 0.898. The van der Waals surface area contributed by atoms with Crippen LogP contribution in [0.5, 0.6) is 0 Å². The van der Waals surface area contributed by atoms with Gasteiger partial charge >= 0.3 is 0 Å². The number of methoxy groups -OCH3 is 1. The van der Waals surface area contributed by atoms with Crippen LogP contribution in [0, 0.1) is 5.92 Å². The van der Waals surface area contributed by atoms with Crippen molar-refractivity contribution >= 4 is 0 Å². The zero-order valence-corrected chi connectivity index (χ0v) is 12.5. The molecule has 0 aliphatic carbocycles. The zero-order valence-electron chi connectivity index (χ0n) is 12.5. The number of benzene rings is 1. The molecule has 1 unspecified atom stereocenters. The highest BCUT2D eigenvalue weighted by molar-refractivity contribution is 5.13. The largest absolute Gasteiger partial charge is 0.371 e. The molecule has 1 aromatic rings. The van der Waals surface area contributed by atoms with Crippen molar-refractivity contribution in [3.63, 3.8) is 0 Å². The van der Waals surface area contributed by atoms with Crippen molar-refractivity contribution in [2.45, 2.75) is 51.4 Å². The van der Waals surface area contributed by atoms with Gasteiger partial charge in [-0.15, -0.1) is 0 Å². The van der Waals surface area contributed by atoms with Gasteiger partial charge in [-0.05, 0) is 12.0 Å². The molecule has 1 aromatic carbocycles. The summed E-state index contributed by atoms with van der Waals surface area (Å²) in [6, 6.07) is 9.88. The first-order valence-electron chi connectivity index (χ1n) is 7.26. The van der Waals surface area contributed by atoms with Crippen LogP contribution >= 0.6 is 0 Å². The van der Waals surface area contributed by atoms with E-state index in [0.29, 0.717) is 6.61 Å². The molecule has 0 radical (unpaired) electrons. The summed E-state index contributed by atoms with van der Waals surface area (Å²) in [4.78, 5) is 0. The molecule has 4 heteroatoms. The standard InChI is InChI=1S/C16H25NO3/c1-4-13-11(2)15(14(17)16(18-3)20-13)19-10-12-8-6-5-7-9-12/h5-9,11,13-16H,4,10,17H2,1-3H3/t11-,13+,14-,15-,16?/m0/s1. The van der Waals surface area contributed by atoms with Crippen LogP contribution in [-0.4, -0.2) is 31.6 Å². The summed E-state index contributed by atoms with van der Waals surface area (Å²) in [6.07, 6.45) is 0.607. The van der Waals surface area contributed by atoms with Gasteiger partial charge in [0.25, 0.3) is 0 Å². The minimum Gasteiger partial charge on any atom is -0.371 e. The highest BCUT2D eigenvalue weighted by Crippen LogP contribution is 2.29. The summed E-state index contributed by atoms with van der Waals surface area (Å²) in [5, 5.41) is 0. The Morgan fingerprint density at radius 2 is 1.95 bits per heavy atom. The summed E-state index contributed by atoms with van der Waals surface area (Å²) < 4.78 is 17.3. The van der Waals surface area contributed by atoms with Gasteiger partial charge in [-0.1, -0.05) is 44.2 Å². The van der Waals surface area contributed by atoms with Gasteiger partial charge in [-0.2, -0.15) is 0 Å². The minimum absolute atomic E-state index is 0.0566. The Labute approximate surface area is 121 Å². The van der Waals surface area contributed by atoms with E-state index >= 15 is 0 Å². The van der Waals surface area contributed by atoms with Crippen molar-refractivity contribution in [3.8, 4) is 0 Å². The molecule has 4 nitrogen and oxygen atoms in total. The molecule has 2 rings (SSSR count). The SMILES string of the molecule is CC[C@H]1OC(OC)[C@@H](N)[C@@H](OCc2ccccc2)[C@H]1C. The lowest BCUT2D eigenvalue weighted by molar-refractivity contribution is -0.243. The molecule has 0 amide bonds. The lowest BCUT2D eigenvalue weighted by Gasteiger charge is -2.43. The Hall–Kier alpha value is -0.940. The van der Waals surface area contributed by atoms with Crippen LogP contribution in [0.4, 0.5) is 0 Å². The van der Waals surface area contributed by atoms with E-state index in [1.165, 1.54) is 0 Å². The Kier molecular flexibility index (Phi) is 5.54. The fourth-order valence-electron chi connectivity index (χ4n) is 2.81. The average Bonchev–Trinajstić information content (AvgIpc) is 2.48. The van der Waals surface area contributed by atoms with Crippen LogP contribution in [-0.2, 0) is 20.8 Å². The van der Waals surface area contributed by atoms with E-state index in [1.54, 1.807) is 7.11 Å². The third-order valence-corrected chi connectivity index (χ3v) is 4.03. The summed E-state index contributed by atoms with van der Waals surface area (Å²) in [7, 11) is 1.63. The van der Waals surface area contributed by atoms with Crippen molar-refractivity contribution in [1.82, 2.24) is 0 Å². The lowest BCUT2D eigenvalue weighted by atomic mass is 9.88. The molecule has 1 saturated heterocycles. The highest BCUT2D eigenvalue weighted by Gasteiger charge is 2.42. The first-order valence-corrected chi connectivity index (χ1v) is 7.26. The van der Waals surface area contributed by atoms with Gasteiger partial charge in [0.15, 0.2) is 6.29 Å². The lowest BCUT2D eigenvalue weighted by Crippen LogP contribution is -2.58. The van der Waals surface area contributed by atoms with Crippen LogP contribution in [0.25, 0.3) is 0 Å². The Morgan fingerprint density at radius 3 is 2.55 bits per heavy atom. The van der Waals surface area contributed by atoms with Crippen LogP contribution in [0.1, 0.15) is 25.8 Å². The highest BCUT2D eigenvalue weighted by atomic mass is 16.7. The Balaban J connectivity index is 2.02. The van der Waals surface area contributed by atoms with Gasteiger partial charge in [0.1, 0.15) is 0 Å². The number of ether oxygens (including phenoxy) is 3. The molecule has 1 aliphatic heterocycles. The van der Waals surface area contributed by atoms with Gasteiger partial charge in [0.2, 0.25) is 0 Å². The van der Waals surface area contributed by atoms with E-state index < -0.39 is 6.29 Å². The first kappa shape index (κ1) is 15.4. The summed E-state index contributed by atoms with van der Waals surface area (Å²) >= 11 is 0. The maximum Gasteiger partial charge on any atom is 0.175 e. The zero-order chi connectivity index (χ0) is 14.5. The molecular formula is C16H25NO3. The predicted octanol–water partition coefficient (Wildman–Crippen LogP) is 2.32. The summed E-state index contributed by atoms with van der Waals surface area (Å²) in [6.45, 7) is 4.81. The Morgan fingerprint density at radius 1 is 1.25 bits per heavy atom. The van der Waals surface area contributed by atoms with Gasteiger partial charge in [0.05, 0.1) is 24.9 Å². The van der Waals surface area contributed by atoms with Crippen molar-refractivity contribution in [2.24, 2.45) is 11.7 Å². The van der Waals surface area contributed by atoms with Crippen molar-refractivity contribution < 1.29 is 14.2 Å². The smallest absolute Gasteiger partial charge is 0.175 e. The first-order chi connectivity index (χ1) is 9.67. The van der Waals surface area contributed by atoms with Crippen molar-refractivity contribution in [1.29, 1.82) is 0 Å². The Bertz CT molecular complexity index is 382. The molecule has 0 bridgehead atoms. The van der Waals surface area contributed by atoms with Crippen LogP contribution in [0.2, 0.25) is 0 Å². The molecule has 2 N–H and O–H groups in total. The minimum atomic E-state index is -0.392. The van der Waals surface area contributed by atoms with E-state index in [-0.39, 0.29) is 24.2 Å². The predicted molar refractivity (Wildman–Crippen MR) is 78.1 cm³/mol. The number of nitrogens with two attached hydrogens (primary N) is 1. The molecule has 1 heterocycles. The molecule has 112 valence electrons. The molecule has 5 atom stereocenters. The number of hydrogen-bond donors (Lipinski definition) is 1. The topological polar surface area (TPSA) is 53.7 Å². The van der Waals surface area contributed by atoms with Crippen molar-refractivity contribution in [2.75, 3.05) is 7.11 Å². The fourth-order valence-corrected chi connectivity index (χ4v) is 2.81. The van der Waals surface area contributed by atoms with E-state index in [2.05, 4.69) is 26.0 Å². The molecule has 1 fully saturated rings. The van der Waals surface area contributed by atoms with E-state index in [0.717, 1.165) is 12.0 Å². The maximum absolute atomic E-state index is 6.23. The second-order valence-electron chi connectivity index (χ2n) is 5.38. The fraction of sp³-hybridized carbons (Fsp3) is 0.625. The number of hydrogen-bond acceptors (Lipinski definition) is 4. The summed E-state index contributed by atoms with van der Waals surface area (Å²) in [5.74, 6) is 0.255. The average molecular weight is 279 g/mol. The third-order valence-electron chi connectivity index (χ3n) is 4.03. The van der Waals surface area contributed by atoms with E-state index in [1.807, 2.05) is 18.2 Å². The molecule has 20 heavy (non-hydrogen) atoms. The molecule has 0 spiro atoms. The van der Waals surface area contributed by atoms with Gasteiger partial charge in [0, 0.05) is 13.0 Å². The van der Waals surface area contributed by atoms with Crippen LogP contribution in [0.15, 0.2) is 30.3 Å². The molecular weight excluding hydrogens is 254 g/mol. The molecule has 0 saturated carbocycles. The molecule has 1 aliphatic rings. The summed E-state index contributed by atoms with van der Waals surface area (Å²) in [5.41, 5.74) is 7.38. The van der Waals surface area contributed by atoms with E-state index in [9.17, 15) is 0 Å². The van der Waals surface area contributed by atoms with E-state index in [4.69, 9.17) is 19.9 Å². The second-order valence-corrected chi connectivity index (χ2v) is 5.38. The number of rotatable bonds is 5. The van der Waals surface area contributed by atoms with Gasteiger partial charge < -0.3 is 19.9 Å². The normalized spacial score (nSPS) is 34.1.